The second-order valence-electron chi connectivity index (χ2n) is 2.38. The van der Waals surface area contributed by atoms with Crippen LogP contribution in [0.25, 0.3) is 0 Å². The van der Waals surface area contributed by atoms with E-state index in [0.717, 1.165) is 19.3 Å². The van der Waals surface area contributed by atoms with Gasteiger partial charge in [-0.25, -0.2) is 4.79 Å². The average Bonchev–Trinajstić information content (AvgIpc) is 2.05. The third-order valence-electron chi connectivity index (χ3n) is 1.64. The van der Waals surface area contributed by atoms with Gasteiger partial charge in [-0.15, -0.1) is 12.4 Å². The predicted molar refractivity (Wildman–Crippen MR) is 42.9 cm³/mol. The van der Waals surface area contributed by atoms with Crippen LogP contribution in [-0.2, 0) is 14.3 Å². The van der Waals surface area contributed by atoms with Gasteiger partial charge in [-0.2, -0.15) is 0 Å². The summed E-state index contributed by atoms with van der Waals surface area (Å²) in [5.41, 5.74) is 0. The summed E-state index contributed by atoms with van der Waals surface area (Å²) in [6.07, 6.45) is 2.65. The van der Waals surface area contributed by atoms with Crippen LogP contribution in [0.2, 0.25) is 0 Å². The number of hydrogen-bond acceptors (Lipinski definition) is 3. The second kappa shape index (κ2) is 5.38. The van der Waals surface area contributed by atoms with Crippen LogP contribution in [-0.4, -0.2) is 25.8 Å². The molecule has 1 rings (SSSR count). The van der Waals surface area contributed by atoms with Crippen LogP contribution in [0.4, 0.5) is 0 Å². The number of halogens is 1. The van der Waals surface area contributed by atoms with Crippen molar-refractivity contribution in [3.05, 3.63) is 0 Å². The molecule has 1 fully saturated rings. The standard InChI is InChI=1S/C7H12O3.ClH/c1-9-7(8)6-4-2-3-5-10-6;/h6H,2-5H2,1H3;1H/t6-;/m0./s1. The number of carbonyl (C=O) groups is 1. The zero-order chi connectivity index (χ0) is 7.40. The van der Waals surface area contributed by atoms with Gasteiger partial charge in [-0.1, -0.05) is 0 Å². The highest BCUT2D eigenvalue weighted by Crippen LogP contribution is 2.13. The minimum absolute atomic E-state index is 0. The molecule has 0 unspecified atom stereocenters. The summed E-state index contributed by atoms with van der Waals surface area (Å²) in [6, 6.07) is 0. The monoisotopic (exact) mass is 180 g/mol. The van der Waals surface area contributed by atoms with Gasteiger partial charge >= 0.3 is 5.97 Å². The molecule has 11 heavy (non-hydrogen) atoms. The summed E-state index contributed by atoms with van der Waals surface area (Å²) in [5.74, 6) is -0.236. The normalized spacial score (nSPS) is 23.5. The van der Waals surface area contributed by atoms with Crippen LogP contribution in [0.1, 0.15) is 19.3 Å². The highest BCUT2D eigenvalue weighted by atomic mass is 35.5. The van der Waals surface area contributed by atoms with Gasteiger partial charge in [0.25, 0.3) is 0 Å². The molecule has 1 atom stereocenters. The molecule has 0 N–H and O–H groups in total. The van der Waals surface area contributed by atoms with Crippen LogP contribution in [0.3, 0.4) is 0 Å². The predicted octanol–water partition coefficient (Wildman–Crippen LogP) is 1.15. The minimum Gasteiger partial charge on any atom is -0.467 e. The number of carbonyl (C=O) groups excluding carboxylic acids is 1. The van der Waals surface area contributed by atoms with E-state index in [1.165, 1.54) is 7.11 Å². The highest BCUT2D eigenvalue weighted by molar-refractivity contribution is 5.85. The molecule has 0 aromatic rings. The van der Waals surface area contributed by atoms with Gasteiger partial charge in [0, 0.05) is 6.61 Å². The van der Waals surface area contributed by atoms with Crippen molar-refractivity contribution >= 4 is 18.4 Å². The van der Waals surface area contributed by atoms with Crippen LogP contribution < -0.4 is 0 Å². The molecule has 0 aromatic heterocycles. The molecule has 0 aliphatic carbocycles. The first-order valence-corrected chi connectivity index (χ1v) is 3.54. The van der Waals surface area contributed by atoms with Crippen molar-refractivity contribution in [2.75, 3.05) is 13.7 Å². The lowest BCUT2D eigenvalue weighted by molar-refractivity contribution is -0.156. The van der Waals surface area contributed by atoms with E-state index >= 15 is 0 Å². The van der Waals surface area contributed by atoms with Gasteiger partial charge in [0.05, 0.1) is 7.11 Å². The Morgan fingerprint density at radius 2 is 2.27 bits per heavy atom. The minimum atomic E-state index is -0.293. The van der Waals surface area contributed by atoms with Gasteiger partial charge in [0.2, 0.25) is 0 Å². The number of rotatable bonds is 1. The molecule has 1 saturated heterocycles. The highest BCUT2D eigenvalue weighted by Gasteiger charge is 2.21. The molecule has 66 valence electrons. The molecular formula is C7H13ClO3. The molecule has 3 nitrogen and oxygen atoms in total. The van der Waals surface area contributed by atoms with Crippen molar-refractivity contribution in [2.24, 2.45) is 0 Å². The maximum Gasteiger partial charge on any atom is 0.334 e. The molecular weight excluding hydrogens is 168 g/mol. The number of ether oxygens (including phenoxy) is 2. The zero-order valence-corrected chi connectivity index (χ0v) is 7.36. The third-order valence-corrected chi connectivity index (χ3v) is 1.64. The molecule has 0 spiro atoms. The first-order valence-electron chi connectivity index (χ1n) is 3.54. The summed E-state index contributed by atoms with van der Waals surface area (Å²) in [5, 5.41) is 0. The number of hydrogen-bond donors (Lipinski definition) is 0. The van der Waals surface area contributed by atoms with Crippen LogP contribution in [0, 0.1) is 0 Å². The lowest BCUT2D eigenvalue weighted by Gasteiger charge is -2.19. The van der Waals surface area contributed by atoms with Gasteiger partial charge in [-0.05, 0) is 19.3 Å². The topological polar surface area (TPSA) is 35.5 Å². The Balaban J connectivity index is 0.000001000. The van der Waals surface area contributed by atoms with Crippen molar-refractivity contribution in [2.45, 2.75) is 25.4 Å². The van der Waals surface area contributed by atoms with Crippen molar-refractivity contribution < 1.29 is 14.3 Å². The fraction of sp³-hybridized carbons (Fsp3) is 0.857. The fourth-order valence-corrected chi connectivity index (χ4v) is 1.06. The Hall–Kier alpha value is -0.280. The van der Waals surface area contributed by atoms with E-state index < -0.39 is 0 Å². The smallest absolute Gasteiger partial charge is 0.334 e. The Bertz CT molecular complexity index is 121. The SMILES string of the molecule is COC(=O)[C@@H]1CCCCO1.Cl. The van der Waals surface area contributed by atoms with Crippen molar-refractivity contribution in [1.82, 2.24) is 0 Å². The van der Waals surface area contributed by atoms with Crippen molar-refractivity contribution in [3.8, 4) is 0 Å². The molecule has 0 amide bonds. The largest absolute Gasteiger partial charge is 0.467 e. The van der Waals surface area contributed by atoms with E-state index in [2.05, 4.69) is 4.74 Å². The van der Waals surface area contributed by atoms with Crippen LogP contribution >= 0.6 is 12.4 Å². The molecule has 0 aromatic carbocycles. The molecule has 0 saturated carbocycles. The lowest BCUT2D eigenvalue weighted by Crippen LogP contribution is -2.28. The Morgan fingerprint density at radius 1 is 1.55 bits per heavy atom. The van der Waals surface area contributed by atoms with Gasteiger partial charge < -0.3 is 9.47 Å². The molecule has 0 bridgehead atoms. The summed E-state index contributed by atoms with van der Waals surface area (Å²) < 4.78 is 9.68. The van der Waals surface area contributed by atoms with Crippen molar-refractivity contribution in [1.29, 1.82) is 0 Å². The maximum atomic E-state index is 10.8. The number of methoxy groups -OCH3 is 1. The summed E-state index contributed by atoms with van der Waals surface area (Å²) in [7, 11) is 1.39. The van der Waals surface area contributed by atoms with E-state index in [-0.39, 0.29) is 24.5 Å². The van der Waals surface area contributed by atoms with Crippen LogP contribution in [0.5, 0.6) is 0 Å². The van der Waals surface area contributed by atoms with Gasteiger partial charge in [0.1, 0.15) is 0 Å². The molecule has 1 aliphatic rings. The van der Waals surface area contributed by atoms with E-state index in [1.807, 2.05) is 0 Å². The summed E-state index contributed by atoms with van der Waals surface area (Å²) in [6.45, 7) is 0.694. The Labute approximate surface area is 72.5 Å². The van der Waals surface area contributed by atoms with Gasteiger partial charge in [0.15, 0.2) is 6.10 Å². The summed E-state index contributed by atoms with van der Waals surface area (Å²) in [4.78, 5) is 10.8. The molecule has 1 aliphatic heterocycles. The summed E-state index contributed by atoms with van der Waals surface area (Å²) >= 11 is 0. The third kappa shape index (κ3) is 3.08. The quantitative estimate of drug-likeness (QED) is 0.568. The first-order chi connectivity index (χ1) is 4.84. The first kappa shape index (κ1) is 10.7. The molecule has 1 heterocycles. The van der Waals surface area contributed by atoms with E-state index in [4.69, 9.17) is 4.74 Å². The Kier molecular flexibility index (Phi) is 5.24. The maximum absolute atomic E-state index is 10.8. The number of esters is 1. The van der Waals surface area contributed by atoms with E-state index in [9.17, 15) is 4.79 Å². The Morgan fingerprint density at radius 3 is 2.73 bits per heavy atom. The molecule has 4 heteroatoms. The van der Waals surface area contributed by atoms with E-state index in [0.29, 0.717) is 6.61 Å². The van der Waals surface area contributed by atoms with Gasteiger partial charge in [-0.3, -0.25) is 0 Å². The van der Waals surface area contributed by atoms with E-state index in [1.54, 1.807) is 0 Å². The lowest BCUT2D eigenvalue weighted by atomic mass is 10.1. The molecule has 0 radical (unpaired) electrons. The van der Waals surface area contributed by atoms with Crippen LogP contribution in [0.15, 0.2) is 0 Å². The zero-order valence-electron chi connectivity index (χ0n) is 6.54. The second-order valence-corrected chi connectivity index (χ2v) is 2.38. The fourth-order valence-electron chi connectivity index (χ4n) is 1.06. The average molecular weight is 181 g/mol. The van der Waals surface area contributed by atoms with Crippen molar-refractivity contribution in [3.63, 3.8) is 0 Å².